The van der Waals surface area contributed by atoms with Crippen LogP contribution in [0.3, 0.4) is 0 Å². The molecule has 68 valence electrons. The second kappa shape index (κ2) is 4.21. The lowest BCUT2D eigenvalue weighted by Crippen LogP contribution is -1.96. The maximum atomic E-state index is 4.14. The van der Waals surface area contributed by atoms with Crippen LogP contribution in [0.5, 0.6) is 0 Å². The minimum atomic E-state index is 0.839. The van der Waals surface area contributed by atoms with E-state index in [-0.39, 0.29) is 0 Å². The maximum Gasteiger partial charge on any atom is 0.182 e. The topological polar surface area (TPSA) is 24.9 Å². The van der Waals surface area contributed by atoms with Crippen molar-refractivity contribution in [2.45, 2.75) is 6.54 Å². The molecule has 0 spiro atoms. The summed E-state index contributed by atoms with van der Waals surface area (Å²) in [6.45, 7) is 0.839. The Morgan fingerprint density at radius 3 is 2.92 bits per heavy atom. The number of thiazole rings is 1. The lowest BCUT2D eigenvalue weighted by atomic mass is 10.5. The van der Waals surface area contributed by atoms with Crippen molar-refractivity contribution in [2.75, 3.05) is 5.32 Å². The second-order valence-corrected chi connectivity index (χ2v) is 5.13. The van der Waals surface area contributed by atoms with E-state index >= 15 is 0 Å². The number of halogens is 1. The summed E-state index contributed by atoms with van der Waals surface area (Å²) in [6.07, 6.45) is 1.80. The third-order valence-corrected chi connectivity index (χ3v) is 4.18. The SMILES string of the molecule is Brc1ccsc1CNc1nccs1. The predicted molar refractivity (Wildman–Crippen MR) is 61.5 cm³/mol. The molecule has 0 fully saturated rings. The standard InChI is InChI=1S/C8H7BrN2S2/c9-6-1-3-12-7(6)5-11-8-10-2-4-13-8/h1-4H,5H2,(H,10,11). The predicted octanol–water partition coefficient (Wildman–Crippen LogP) is 3.58. The van der Waals surface area contributed by atoms with Gasteiger partial charge in [0.1, 0.15) is 0 Å². The van der Waals surface area contributed by atoms with Gasteiger partial charge in [0.05, 0.1) is 6.54 Å². The van der Waals surface area contributed by atoms with Crippen molar-refractivity contribution in [3.05, 3.63) is 32.4 Å². The molecule has 0 bridgehead atoms. The molecule has 0 aromatic carbocycles. The van der Waals surface area contributed by atoms with Crippen molar-refractivity contribution in [2.24, 2.45) is 0 Å². The van der Waals surface area contributed by atoms with Crippen LogP contribution in [0.2, 0.25) is 0 Å². The van der Waals surface area contributed by atoms with E-state index in [0.29, 0.717) is 0 Å². The van der Waals surface area contributed by atoms with Gasteiger partial charge >= 0.3 is 0 Å². The molecule has 0 aliphatic rings. The van der Waals surface area contributed by atoms with Gasteiger partial charge in [-0.15, -0.1) is 22.7 Å². The minimum Gasteiger partial charge on any atom is -0.357 e. The van der Waals surface area contributed by atoms with Crippen LogP contribution in [0.15, 0.2) is 27.5 Å². The summed E-state index contributed by atoms with van der Waals surface area (Å²) in [7, 11) is 0. The molecule has 0 atom stereocenters. The summed E-state index contributed by atoms with van der Waals surface area (Å²) in [5, 5.41) is 8.26. The average Bonchev–Trinajstić information content (AvgIpc) is 2.72. The number of rotatable bonds is 3. The number of hydrogen-bond acceptors (Lipinski definition) is 4. The first-order valence-corrected chi connectivity index (χ1v) is 6.27. The fraction of sp³-hybridized carbons (Fsp3) is 0.125. The van der Waals surface area contributed by atoms with Crippen LogP contribution in [-0.4, -0.2) is 4.98 Å². The van der Waals surface area contributed by atoms with Crippen LogP contribution in [0.25, 0.3) is 0 Å². The first-order valence-electron chi connectivity index (χ1n) is 3.71. The molecule has 2 rings (SSSR count). The first kappa shape index (κ1) is 9.18. The normalized spacial score (nSPS) is 10.2. The Hall–Kier alpha value is -0.390. The van der Waals surface area contributed by atoms with Crippen LogP contribution in [0.1, 0.15) is 4.88 Å². The first-order chi connectivity index (χ1) is 6.36. The molecule has 0 radical (unpaired) electrons. The number of hydrogen-bond donors (Lipinski definition) is 1. The number of aromatic nitrogens is 1. The third kappa shape index (κ3) is 2.30. The minimum absolute atomic E-state index is 0.839. The van der Waals surface area contributed by atoms with Crippen LogP contribution in [0, 0.1) is 0 Å². The molecular weight excluding hydrogens is 268 g/mol. The van der Waals surface area contributed by atoms with E-state index in [1.165, 1.54) is 9.35 Å². The highest BCUT2D eigenvalue weighted by Gasteiger charge is 2.01. The van der Waals surface area contributed by atoms with Gasteiger partial charge in [0.2, 0.25) is 0 Å². The zero-order valence-electron chi connectivity index (χ0n) is 6.66. The molecule has 0 amide bonds. The molecule has 1 N–H and O–H groups in total. The van der Waals surface area contributed by atoms with E-state index in [1.54, 1.807) is 28.9 Å². The lowest BCUT2D eigenvalue weighted by molar-refractivity contribution is 1.16. The Balaban J connectivity index is 1.97. The van der Waals surface area contributed by atoms with Gasteiger partial charge < -0.3 is 5.32 Å². The Morgan fingerprint density at radius 2 is 2.31 bits per heavy atom. The van der Waals surface area contributed by atoms with Gasteiger partial charge in [-0.25, -0.2) is 4.98 Å². The number of anilines is 1. The number of nitrogens with one attached hydrogen (secondary N) is 1. The zero-order valence-corrected chi connectivity index (χ0v) is 9.88. The van der Waals surface area contributed by atoms with E-state index in [2.05, 4.69) is 37.7 Å². The molecule has 2 aromatic heterocycles. The molecule has 5 heteroatoms. The van der Waals surface area contributed by atoms with E-state index in [4.69, 9.17) is 0 Å². The summed E-state index contributed by atoms with van der Waals surface area (Å²) in [4.78, 5) is 5.44. The number of thiophene rings is 1. The van der Waals surface area contributed by atoms with Crippen LogP contribution >= 0.6 is 38.6 Å². The molecular formula is C8H7BrN2S2. The van der Waals surface area contributed by atoms with E-state index in [1.807, 2.05) is 5.38 Å². The van der Waals surface area contributed by atoms with E-state index in [0.717, 1.165) is 11.7 Å². The van der Waals surface area contributed by atoms with Crippen molar-refractivity contribution in [3.8, 4) is 0 Å². The molecule has 0 saturated heterocycles. The van der Waals surface area contributed by atoms with Gasteiger partial charge in [-0.05, 0) is 27.4 Å². The van der Waals surface area contributed by atoms with E-state index < -0.39 is 0 Å². The largest absolute Gasteiger partial charge is 0.357 e. The maximum absolute atomic E-state index is 4.14. The third-order valence-electron chi connectivity index (χ3n) is 1.52. The molecule has 0 saturated carbocycles. The van der Waals surface area contributed by atoms with Gasteiger partial charge in [-0.2, -0.15) is 0 Å². The Labute approximate surface area is 92.8 Å². The fourth-order valence-corrected chi connectivity index (χ4v) is 2.88. The molecule has 0 aliphatic heterocycles. The lowest BCUT2D eigenvalue weighted by Gasteiger charge is -1.99. The summed E-state index contributed by atoms with van der Waals surface area (Å²) >= 11 is 6.84. The monoisotopic (exact) mass is 274 g/mol. The summed E-state index contributed by atoms with van der Waals surface area (Å²) < 4.78 is 1.17. The fourth-order valence-electron chi connectivity index (χ4n) is 0.918. The van der Waals surface area contributed by atoms with Gasteiger partial charge in [0, 0.05) is 20.9 Å². The molecule has 0 aliphatic carbocycles. The smallest absolute Gasteiger partial charge is 0.182 e. The molecule has 2 heterocycles. The average molecular weight is 275 g/mol. The van der Waals surface area contributed by atoms with Gasteiger partial charge in [-0.3, -0.25) is 0 Å². The molecule has 2 nitrogen and oxygen atoms in total. The molecule has 0 unspecified atom stereocenters. The van der Waals surface area contributed by atoms with E-state index in [9.17, 15) is 0 Å². The zero-order chi connectivity index (χ0) is 9.10. The Bertz CT molecular complexity index is 369. The van der Waals surface area contributed by atoms with Crippen molar-refractivity contribution in [1.82, 2.24) is 4.98 Å². The van der Waals surface area contributed by atoms with Gasteiger partial charge in [0.25, 0.3) is 0 Å². The second-order valence-electron chi connectivity index (χ2n) is 2.38. The number of nitrogens with zero attached hydrogens (tertiary/aromatic N) is 1. The summed E-state index contributed by atoms with van der Waals surface area (Å²) in [5.74, 6) is 0. The Morgan fingerprint density at radius 1 is 1.38 bits per heavy atom. The Kier molecular flexibility index (Phi) is 2.97. The highest BCUT2D eigenvalue weighted by atomic mass is 79.9. The van der Waals surface area contributed by atoms with Crippen molar-refractivity contribution < 1.29 is 0 Å². The van der Waals surface area contributed by atoms with Crippen LogP contribution in [-0.2, 0) is 6.54 Å². The van der Waals surface area contributed by atoms with Gasteiger partial charge in [-0.1, -0.05) is 0 Å². The summed E-state index contributed by atoms with van der Waals surface area (Å²) in [6, 6.07) is 2.06. The highest BCUT2D eigenvalue weighted by molar-refractivity contribution is 9.10. The molecule has 13 heavy (non-hydrogen) atoms. The van der Waals surface area contributed by atoms with Crippen LogP contribution < -0.4 is 5.32 Å². The van der Waals surface area contributed by atoms with Crippen LogP contribution in [0.4, 0.5) is 5.13 Å². The molecule has 2 aromatic rings. The van der Waals surface area contributed by atoms with Crippen molar-refractivity contribution >= 4 is 43.7 Å². The quantitative estimate of drug-likeness (QED) is 0.926. The van der Waals surface area contributed by atoms with Crippen molar-refractivity contribution in [3.63, 3.8) is 0 Å². The van der Waals surface area contributed by atoms with Crippen molar-refractivity contribution in [1.29, 1.82) is 0 Å². The van der Waals surface area contributed by atoms with Gasteiger partial charge in [0.15, 0.2) is 5.13 Å². The summed E-state index contributed by atoms with van der Waals surface area (Å²) in [5.41, 5.74) is 0. The highest BCUT2D eigenvalue weighted by Crippen LogP contribution is 2.23.